The highest BCUT2D eigenvalue weighted by atomic mass is 35.5. The van der Waals surface area contributed by atoms with Crippen LogP contribution in [0, 0.1) is 0 Å². The molecule has 1 heterocycles. The number of ether oxygens (including phenoxy) is 2. The highest BCUT2D eigenvalue weighted by molar-refractivity contribution is 7.99. The van der Waals surface area contributed by atoms with Crippen LogP contribution in [0.3, 0.4) is 0 Å². The van der Waals surface area contributed by atoms with E-state index in [4.69, 9.17) is 32.7 Å². The molecule has 0 aliphatic carbocycles. The van der Waals surface area contributed by atoms with Crippen molar-refractivity contribution >= 4 is 46.6 Å². The third-order valence-electron chi connectivity index (χ3n) is 3.14. The molecule has 7 heteroatoms. The van der Waals surface area contributed by atoms with Gasteiger partial charge in [0.25, 0.3) is 0 Å². The Morgan fingerprint density at radius 2 is 1.91 bits per heavy atom. The van der Waals surface area contributed by atoms with Gasteiger partial charge in [0.05, 0.1) is 15.8 Å². The number of anilines is 1. The van der Waals surface area contributed by atoms with Gasteiger partial charge in [0, 0.05) is 11.4 Å². The van der Waals surface area contributed by atoms with Gasteiger partial charge in [-0.05, 0) is 35.9 Å². The minimum atomic E-state index is -0.0888. The molecule has 3 rings (SSSR count). The second-order valence-electron chi connectivity index (χ2n) is 4.86. The maximum absolute atomic E-state index is 11.9. The molecule has 1 amide bonds. The SMILES string of the molecule is O=C(CSCc1ccc2c(c1)OCO2)Nc1ccc(Cl)c(Cl)c1. The molecule has 2 aromatic carbocycles. The third-order valence-corrected chi connectivity index (χ3v) is 4.89. The Hall–Kier alpha value is -1.56. The van der Waals surface area contributed by atoms with E-state index in [2.05, 4.69) is 5.32 Å². The van der Waals surface area contributed by atoms with Gasteiger partial charge < -0.3 is 14.8 Å². The average molecular weight is 370 g/mol. The number of hydrogen-bond acceptors (Lipinski definition) is 4. The molecule has 0 aromatic heterocycles. The van der Waals surface area contributed by atoms with Crippen LogP contribution in [0.5, 0.6) is 11.5 Å². The van der Waals surface area contributed by atoms with Crippen LogP contribution in [0.25, 0.3) is 0 Å². The highest BCUT2D eigenvalue weighted by Gasteiger charge is 2.13. The Morgan fingerprint density at radius 3 is 2.74 bits per heavy atom. The quantitative estimate of drug-likeness (QED) is 0.836. The minimum absolute atomic E-state index is 0.0888. The third kappa shape index (κ3) is 4.25. The summed E-state index contributed by atoms with van der Waals surface area (Å²) in [4.78, 5) is 11.9. The fourth-order valence-electron chi connectivity index (χ4n) is 2.06. The molecule has 4 nitrogen and oxygen atoms in total. The first-order chi connectivity index (χ1) is 11.1. The van der Waals surface area contributed by atoms with Crippen LogP contribution in [0.1, 0.15) is 5.56 Å². The monoisotopic (exact) mass is 369 g/mol. The van der Waals surface area contributed by atoms with Gasteiger partial charge in [-0.2, -0.15) is 0 Å². The van der Waals surface area contributed by atoms with E-state index in [1.54, 1.807) is 18.2 Å². The summed E-state index contributed by atoms with van der Waals surface area (Å²) in [7, 11) is 0. The van der Waals surface area contributed by atoms with Crippen LogP contribution in [0.4, 0.5) is 5.69 Å². The first-order valence-corrected chi connectivity index (χ1v) is 8.74. The number of thioether (sulfide) groups is 1. The molecule has 0 atom stereocenters. The van der Waals surface area contributed by atoms with E-state index in [0.29, 0.717) is 27.2 Å². The number of carbonyl (C=O) groups excluding carboxylic acids is 1. The molecule has 0 saturated carbocycles. The lowest BCUT2D eigenvalue weighted by molar-refractivity contribution is -0.113. The zero-order chi connectivity index (χ0) is 16.2. The Bertz CT molecular complexity index is 739. The topological polar surface area (TPSA) is 47.6 Å². The molecule has 0 fully saturated rings. The van der Waals surface area contributed by atoms with E-state index in [1.807, 2.05) is 18.2 Å². The zero-order valence-electron chi connectivity index (χ0n) is 12.0. The van der Waals surface area contributed by atoms with Crippen molar-refractivity contribution < 1.29 is 14.3 Å². The van der Waals surface area contributed by atoms with Gasteiger partial charge in [-0.25, -0.2) is 0 Å². The summed E-state index contributed by atoms with van der Waals surface area (Å²) in [6.07, 6.45) is 0. The number of rotatable bonds is 5. The number of benzene rings is 2. The first kappa shape index (κ1) is 16.3. The molecule has 0 spiro atoms. The number of nitrogens with one attached hydrogen (secondary N) is 1. The van der Waals surface area contributed by atoms with Crippen molar-refractivity contribution in [2.24, 2.45) is 0 Å². The van der Waals surface area contributed by atoms with E-state index < -0.39 is 0 Å². The summed E-state index contributed by atoms with van der Waals surface area (Å²) in [6.45, 7) is 0.262. The Kier molecular flexibility index (Phi) is 5.20. The van der Waals surface area contributed by atoms with Crippen LogP contribution in [-0.2, 0) is 10.5 Å². The molecule has 1 aliphatic rings. The molecule has 2 aromatic rings. The predicted molar refractivity (Wildman–Crippen MR) is 93.8 cm³/mol. The van der Waals surface area contributed by atoms with Crippen molar-refractivity contribution in [1.29, 1.82) is 0 Å². The van der Waals surface area contributed by atoms with E-state index in [-0.39, 0.29) is 12.7 Å². The van der Waals surface area contributed by atoms with Crippen molar-refractivity contribution in [3.8, 4) is 11.5 Å². The molecule has 0 radical (unpaired) electrons. The summed E-state index contributed by atoms with van der Waals surface area (Å²) in [5.74, 6) is 2.48. The number of hydrogen-bond donors (Lipinski definition) is 1. The summed E-state index contributed by atoms with van der Waals surface area (Å²) in [5, 5.41) is 3.66. The van der Waals surface area contributed by atoms with E-state index in [1.165, 1.54) is 11.8 Å². The molecule has 1 N–H and O–H groups in total. The molecule has 0 unspecified atom stereocenters. The van der Waals surface area contributed by atoms with Crippen molar-refractivity contribution in [2.75, 3.05) is 17.9 Å². The van der Waals surface area contributed by atoms with E-state index in [0.717, 1.165) is 17.1 Å². The summed E-state index contributed by atoms with van der Waals surface area (Å²) < 4.78 is 10.6. The number of fused-ring (bicyclic) bond motifs is 1. The van der Waals surface area contributed by atoms with Crippen LogP contribution in [0.15, 0.2) is 36.4 Å². The summed E-state index contributed by atoms with van der Waals surface area (Å²) in [6, 6.07) is 10.8. The Morgan fingerprint density at radius 1 is 1.09 bits per heavy atom. The standard InChI is InChI=1S/C16H13Cl2NO3S/c17-12-3-2-11(6-13(12)18)19-16(20)8-23-7-10-1-4-14-15(5-10)22-9-21-14/h1-6H,7-9H2,(H,19,20). The van der Waals surface area contributed by atoms with Crippen LogP contribution in [-0.4, -0.2) is 18.5 Å². The highest BCUT2D eigenvalue weighted by Crippen LogP contribution is 2.33. The predicted octanol–water partition coefficient (Wildman–Crippen LogP) is 4.59. The summed E-state index contributed by atoms with van der Waals surface area (Å²) >= 11 is 13.3. The molecule has 1 aliphatic heterocycles. The largest absolute Gasteiger partial charge is 0.454 e. The molecule has 0 bridgehead atoms. The lowest BCUT2D eigenvalue weighted by Gasteiger charge is -2.07. The number of carbonyl (C=O) groups is 1. The first-order valence-electron chi connectivity index (χ1n) is 6.83. The maximum Gasteiger partial charge on any atom is 0.234 e. The van der Waals surface area contributed by atoms with E-state index >= 15 is 0 Å². The van der Waals surface area contributed by atoms with Gasteiger partial charge in [0.2, 0.25) is 12.7 Å². The van der Waals surface area contributed by atoms with Crippen molar-refractivity contribution in [2.45, 2.75) is 5.75 Å². The van der Waals surface area contributed by atoms with Gasteiger partial charge in [0.1, 0.15) is 0 Å². The number of amides is 1. The van der Waals surface area contributed by atoms with E-state index in [9.17, 15) is 4.79 Å². The van der Waals surface area contributed by atoms with Gasteiger partial charge >= 0.3 is 0 Å². The van der Waals surface area contributed by atoms with Gasteiger partial charge in [0.15, 0.2) is 11.5 Å². The van der Waals surface area contributed by atoms with Gasteiger partial charge in [-0.15, -0.1) is 11.8 Å². The Balaban J connectivity index is 1.48. The second kappa shape index (κ2) is 7.34. The number of halogens is 2. The van der Waals surface area contributed by atoms with Crippen LogP contribution in [0.2, 0.25) is 10.0 Å². The van der Waals surface area contributed by atoms with Crippen LogP contribution < -0.4 is 14.8 Å². The zero-order valence-corrected chi connectivity index (χ0v) is 14.3. The second-order valence-corrected chi connectivity index (χ2v) is 6.66. The average Bonchev–Trinajstić information content (AvgIpc) is 2.98. The lowest BCUT2D eigenvalue weighted by Crippen LogP contribution is -2.14. The summed E-state index contributed by atoms with van der Waals surface area (Å²) in [5.41, 5.74) is 1.72. The Labute approximate surface area is 148 Å². The maximum atomic E-state index is 11.9. The molecule has 0 saturated heterocycles. The minimum Gasteiger partial charge on any atom is -0.454 e. The molecule has 120 valence electrons. The molecular formula is C16H13Cl2NO3S. The fraction of sp³-hybridized carbons (Fsp3) is 0.188. The van der Waals surface area contributed by atoms with Crippen molar-refractivity contribution in [1.82, 2.24) is 0 Å². The normalized spacial score (nSPS) is 12.3. The fourth-order valence-corrected chi connectivity index (χ4v) is 3.14. The van der Waals surface area contributed by atoms with Crippen LogP contribution >= 0.6 is 35.0 Å². The molecule has 23 heavy (non-hydrogen) atoms. The molecular weight excluding hydrogens is 357 g/mol. The van der Waals surface area contributed by atoms with Crippen molar-refractivity contribution in [3.05, 3.63) is 52.0 Å². The van der Waals surface area contributed by atoms with Crippen molar-refractivity contribution in [3.63, 3.8) is 0 Å². The smallest absolute Gasteiger partial charge is 0.234 e. The van der Waals surface area contributed by atoms with Gasteiger partial charge in [-0.1, -0.05) is 29.3 Å². The van der Waals surface area contributed by atoms with Gasteiger partial charge in [-0.3, -0.25) is 4.79 Å². The lowest BCUT2D eigenvalue weighted by atomic mass is 10.2.